The van der Waals surface area contributed by atoms with E-state index in [-0.39, 0.29) is 0 Å². The highest BCUT2D eigenvalue weighted by atomic mass is 14.7. The molecule has 0 spiro atoms. The van der Waals surface area contributed by atoms with E-state index >= 15 is 0 Å². The average molecular weight is 736 g/mol. The van der Waals surface area contributed by atoms with E-state index in [1.54, 1.807) is 0 Å². The highest BCUT2D eigenvalue weighted by Gasteiger charge is 2.11. The molecule has 12 rings (SSSR count). The van der Waals surface area contributed by atoms with Crippen LogP contribution in [0.15, 0.2) is 201 Å². The van der Waals surface area contributed by atoms with E-state index in [1.807, 2.05) is 24.7 Å². The highest BCUT2D eigenvalue weighted by Crippen LogP contribution is 2.36. The monoisotopic (exact) mass is 735 g/mol. The Bertz CT molecular complexity index is 3640. The fourth-order valence-electron chi connectivity index (χ4n) is 8.81. The maximum absolute atomic E-state index is 5.14. The average Bonchev–Trinajstić information content (AvgIpc) is 3.30. The zero-order valence-corrected chi connectivity index (χ0v) is 31.4. The molecule has 0 aliphatic carbocycles. The molecule has 9 aromatic carbocycles. The Balaban J connectivity index is 0.839. The van der Waals surface area contributed by atoms with Crippen molar-refractivity contribution < 1.29 is 0 Å². The largest absolute Gasteiger partial charge is 0.264 e. The molecule has 0 saturated carbocycles. The standard InChI is InChI=1S/C55H33N3/c1-2-45-29-39(14-20-53(45)57-24-1)40-5-3-34-4-7-43-28-37(12-18-51(43)52(34)32-40)38-15-21-54-47(30-38)16-22-55(58-54)46-13-19-50-44(31-46)9-8-42-27-36(11-17-49(42)50)35-6-10-48-33-56-25-23-41(48)26-35/h1-33H. The van der Waals surface area contributed by atoms with Gasteiger partial charge < -0.3 is 0 Å². The van der Waals surface area contributed by atoms with Crippen LogP contribution in [0.4, 0.5) is 0 Å². The normalized spacial score (nSPS) is 11.8. The molecule has 0 unspecified atom stereocenters. The van der Waals surface area contributed by atoms with Gasteiger partial charge in [-0.15, -0.1) is 0 Å². The zero-order valence-electron chi connectivity index (χ0n) is 31.4. The van der Waals surface area contributed by atoms with Gasteiger partial charge in [0.15, 0.2) is 0 Å². The predicted octanol–water partition coefficient (Wildman–Crippen LogP) is 14.6. The lowest BCUT2D eigenvalue weighted by Gasteiger charge is -2.11. The third kappa shape index (κ3) is 5.48. The minimum absolute atomic E-state index is 0.974. The van der Waals surface area contributed by atoms with Crippen LogP contribution in [0, 0.1) is 0 Å². The minimum Gasteiger partial charge on any atom is -0.264 e. The smallest absolute Gasteiger partial charge is 0.0709 e. The predicted molar refractivity (Wildman–Crippen MR) is 244 cm³/mol. The van der Waals surface area contributed by atoms with Crippen molar-refractivity contribution in [1.29, 1.82) is 0 Å². The third-order valence-electron chi connectivity index (χ3n) is 11.9. The van der Waals surface area contributed by atoms with Crippen LogP contribution in [-0.4, -0.2) is 15.0 Å². The summed E-state index contributed by atoms with van der Waals surface area (Å²) in [5.41, 5.74) is 11.3. The van der Waals surface area contributed by atoms with Crippen LogP contribution in [0.3, 0.4) is 0 Å². The van der Waals surface area contributed by atoms with E-state index in [0.717, 1.165) is 38.4 Å². The Hall–Kier alpha value is -7.75. The van der Waals surface area contributed by atoms with Crippen molar-refractivity contribution in [3.8, 4) is 44.6 Å². The molecule has 268 valence electrons. The summed E-state index contributed by atoms with van der Waals surface area (Å²) in [6.45, 7) is 0. The van der Waals surface area contributed by atoms with Crippen molar-refractivity contribution >= 4 is 75.7 Å². The molecule has 12 aromatic rings. The van der Waals surface area contributed by atoms with Crippen LogP contribution in [-0.2, 0) is 0 Å². The Morgan fingerprint density at radius 3 is 1.48 bits per heavy atom. The summed E-state index contributed by atoms with van der Waals surface area (Å²) in [6, 6.07) is 66.3. The number of fused-ring (bicyclic) bond motifs is 9. The molecular weight excluding hydrogens is 703 g/mol. The Morgan fingerprint density at radius 1 is 0.276 bits per heavy atom. The van der Waals surface area contributed by atoms with Gasteiger partial charge in [-0.25, -0.2) is 4.98 Å². The Kier molecular flexibility index (Phi) is 7.23. The number of hydrogen-bond acceptors (Lipinski definition) is 3. The number of rotatable bonds is 4. The molecule has 58 heavy (non-hydrogen) atoms. The molecule has 0 N–H and O–H groups in total. The first-order chi connectivity index (χ1) is 28.7. The molecule has 0 aliphatic rings. The first-order valence-electron chi connectivity index (χ1n) is 19.7. The summed E-state index contributed by atoms with van der Waals surface area (Å²) < 4.78 is 0. The Labute approximate surface area is 334 Å². The summed E-state index contributed by atoms with van der Waals surface area (Å²) in [5, 5.41) is 14.5. The van der Waals surface area contributed by atoms with E-state index in [4.69, 9.17) is 4.98 Å². The fraction of sp³-hybridized carbons (Fsp3) is 0. The molecule has 3 heteroatoms. The van der Waals surface area contributed by atoms with Crippen LogP contribution in [0.5, 0.6) is 0 Å². The number of aromatic nitrogens is 3. The second-order valence-corrected chi connectivity index (χ2v) is 15.3. The van der Waals surface area contributed by atoms with Crippen molar-refractivity contribution in [2.75, 3.05) is 0 Å². The summed E-state index contributed by atoms with van der Waals surface area (Å²) in [6.07, 6.45) is 5.61. The quantitative estimate of drug-likeness (QED) is 0.169. The number of nitrogens with zero attached hydrogens (tertiary/aromatic N) is 3. The molecular formula is C55H33N3. The number of benzene rings is 9. The first kappa shape index (κ1) is 32.5. The van der Waals surface area contributed by atoms with Crippen molar-refractivity contribution in [1.82, 2.24) is 15.0 Å². The van der Waals surface area contributed by atoms with Crippen LogP contribution in [0.25, 0.3) is 120 Å². The maximum Gasteiger partial charge on any atom is 0.0709 e. The fourth-order valence-corrected chi connectivity index (χ4v) is 8.81. The minimum atomic E-state index is 0.974. The molecule has 0 bridgehead atoms. The van der Waals surface area contributed by atoms with Gasteiger partial charge in [-0.3, -0.25) is 9.97 Å². The lowest BCUT2D eigenvalue weighted by Crippen LogP contribution is -1.88. The summed E-state index contributed by atoms with van der Waals surface area (Å²) in [5.74, 6) is 0. The van der Waals surface area contributed by atoms with E-state index in [9.17, 15) is 0 Å². The number of hydrogen-bond donors (Lipinski definition) is 0. The SMILES string of the molecule is c1cnc2ccc(-c3ccc4ccc5cc(-c6ccc7nc(-c8ccc9c(ccc%10cc(-c%11ccc%12cnccc%12c%11)ccc%109)c8)ccc7c6)ccc5c4c3)cc2c1. The molecule has 3 nitrogen and oxygen atoms in total. The summed E-state index contributed by atoms with van der Waals surface area (Å²) >= 11 is 0. The van der Waals surface area contributed by atoms with Crippen molar-refractivity contribution in [2.24, 2.45) is 0 Å². The molecule has 0 fully saturated rings. The van der Waals surface area contributed by atoms with E-state index < -0.39 is 0 Å². The van der Waals surface area contributed by atoms with Crippen LogP contribution in [0.2, 0.25) is 0 Å². The molecule has 3 heterocycles. The topological polar surface area (TPSA) is 38.7 Å². The number of pyridine rings is 3. The molecule has 0 amide bonds. The van der Waals surface area contributed by atoms with E-state index in [0.29, 0.717) is 0 Å². The third-order valence-corrected chi connectivity index (χ3v) is 11.9. The van der Waals surface area contributed by atoms with E-state index in [1.165, 1.54) is 81.9 Å². The summed E-state index contributed by atoms with van der Waals surface area (Å²) in [4.78, 5) is 13.9. The van der Waals surface area contributed by atoms with Crippen molar-refractivity contribution in [3.63, 3.8) is 0 Å². The Morgan fingerprint density at radius 2 is 0.759 bits per heavy atom. The highest BCUT2D eigenvalue weighted by molar-refractivity contribution is 6.11. The zero-order chi connectivity index (χ0) is 38.2. The van der Waals surface area contributed by atoms with Gasteiger partial charge in [-0.1, -0.05) is 109 Å². The lowest BCUT2D eigenvalue weighted by atomic mass is 9.94. The van der Waals surface area contributed by atoms with Crippen LogP contribution >= 0.6 is 0 Å². The molecule has 0 radical (unpaired) electrons. The van der Waals surface area contributed by atoms with Gasteiger partial charge in [-0.2, -0.15) is 0 Å². The maximum atomic E-state index is 5.14. The van der Waals surface area contributed by atoms with Gasteiger partial charge in [0.25, 0.3) is 0 Å². The van der Waals surface area contributed by atoms with Crippen LogP contribution in [0.1, 0.15) is 0 Å². The van der Waals surface area contributed by atoms with E-state index in [2.05, 4.69) is 186 Å². The second-order valence-electron chi connectivity index (χ2n) is 15.3. The summed E-state index contributed by atoms with van der Waals surface area (Å²) in [7, 11) is 0. The van der Waals surface area contributed by atoms with Gasteiger partial charge >= 0.3 is 0 Å². The van der Waals surface area contributed by atoms with Crippen molar-refractivity contribution in [3.05, 3.63) is 201 Å². The van der Waals surface area contributed by atoms with Crippen LogP contribution < -0.4 is 0 Å². The molecule has 0 atom stereocenters. The lowest BCUT2D eigenvalue weighted by molar-refractivity contribution is 1.36. The first-order valence-corrected chi connectivity index (χ1v) is 19.7. The van der Waals surface area contributed by atoms with Gasteiger partial charge in [0.05, 0.1) is 16.7 Å². The molecule has 0 saturated heterocycles. The molecule has 0 aliphatic heterocycles. The second kappa shape index (κ2) is 12.9. The molecule has 3 aromatic heterocycles. The van der Waals surface area contributed by atoms with Gasteiger partial charge in [0.2, 0.25) is 0 Å². The van der Waals surface area contributed by atoms with Gasteiger partial charge in [0.1, 0.15) is 0 Å². The van der Waals surface area contributed by atoms with Gasteiger partial charge in [-0.05, 0) is 155 Å². The van der Waals surface area contributed by atoms with Gasteiger partial charge in [0, 0.05) is 40.3 Å². The van der Waals surface area contributed by atoms with Crippen molar-refractivity contribution in [2.45, 2.75) is 0 Å².